The molecule has 3 nitrogen and oxygen atoms in total. The maximum atomic E-state index is 11.9. The van der Waals surface area contributed by atoms with E-state index >= 15 is 0 Å². The second-order valence-corrected chi connectivity index (χ2v) is 7.19. The molecule has 0 radical (unpaired) electrons. The Morgan fingerprint density at radius 2 is 1.52 bits per heavy atom. The maximum Gasteiger partial charge on any atom is 0.333 e. The van der Waals surface area contributed by atoms with Crippen molar-refractivity contribution in [3.8, 4) is 11.1 Å². The summed E-state index contributed by atoms with van der Waals surface area (Å²) in [5, 5.41) is 9.17. The second kappa shape index (κ2) is 9.85. The molecule has 148 valence electrons. The number of aliphatic hydroxyl groups is 1. The molecule has 0 heterocycles. The molecule has 0 aliphatic rings. The van der Waals surface area contributed by atoms with Crippen LogP contribution in [0.25, 0.3) is 11.1 Å². The van der Waals surface area contributed by atoms with Crippen LogP contribution in [0.2, 0.25) is 0 Å². The van der Waals surface area contributed by atoms with Gasteiger partial charge < -0.3 is 9.84 Å². The van der Waals surface area contributed by atoms with Crippen LogP contribution in [0.1, 0.15) is 29.2 Å². The van der Waals surface area contributed by atoms with Crippen molar-refractivity contribution >= 4 is 5.97 Å². The lowest BCUT2D eigenvalue weighted by Gasteiger charge is -2.13. The van der Waals surface area contributed by atoms with Crippen LogP contribution in [-0.2, 0) is 35.6 Å². The van der Waals surface area contributed by atoms with Gasteiger partial charge in [0.25, 0.3) is 0 Å². The molecule has 0 aliphatic carbocycles. The fourth-order valence-electron chi connectivity index (χ4n) is 3.19. The van der Waals surface area contributed by atoms with E-state index in [0.29, 0.717) is 5.57 Å². The van der Waals surface area contributed by atoms with Gasteiger partial charge in [-0.15, -0.1) is 0 Å². The van der Waals surface area contributed by atoms with Crippen LogP contribution in [0.5, 0.6) is 0 Å². The lowest BCUT2D eigenvalue weighted by atomic mass is 9.95. The van der Waals surface area contributed by atoms with Crippen LogP contribution in [0, 0.1) is 0 Å². The highest BCUT2D eigenvalue weighted by Gasteiger charge is 2.10. The molecule has 0 fully saturated rings. The molecule has 1 N–H and O–H groups in total. The van der Waals surface area contributed by atoms with Crippen molar-refractivity contribution in [2.45, 2.75) is 33.0 Å². The van der Waals surface area contributed by atoms with E-state index in [2.05, 4.69) is 49.0 Å². The zero-order valence-electron chi connectivity index (χ0n) is 16.7. The third-order valence-corrected chi connectivity index (χ3v) is 4.87. The number of carbonyl (C=O) groups excluding carboxylic acids is 1. The van der Waals surface area contributed by atoms with Crippen molar-refractivity contribution in [1.82, 2.24) is 0 Å². The number of aliphatic hydroxyl groups excluding tert-OH is 1. The Bertz CT molecular complexity index is 973. The van der Waals surface area contributed by atoms with Crippen LogP contribution in [0.15, 0.2) is 84.9 Å². The standard InChI is InChI=1S/C26H26O3/c1-19(2)26(28)29-18-24-16-21(11-8-20-9-12-22(17-27)13-10-20)14-15-25(24)23-6-4-3-5-7-23/h3-7,9-10,12-16,27H,1,8,11,17-18H2,2H3. The van der Waals surface area contributed by atoms with Gasteiger partial charge >= 0.3 is 5.97 Å². The molecule has 0 spiro atoms. The topological polar surface area (TPSA) is 46.5 Å². The van der Waals surface area contributed by atoms with Crippen LogP contribution in [-0.4, -0.2) is 11.1 Å². The summed E-state index contributed by atoms with van der Waals surface area (Å²) >= 11 is 0. The van der Waals surface area contributed by atoms with Gasteiger partial charge in [-0.2, -0.15) is 0 Å². The molecule has 0 unspecified atom stereocenters. The molecule has 3 aromatic rings. The minimum absolute atomic E-state index is 0.0630. The summed E-state index contributed by atoms with van der Waals surface area (Å²) in [5.41, 5.74) is 6.88. The molecule has 3 heteroatoms. The first-order valence-electron chi connectivity index (χ1n) is 9.75. The Labute approximate surface area is 172 Å². The molecular formula is C26H26O3. The van der Waals surface area contributed by atoms with Crippen LogP contribution < -0.4 is 0 Å². The normalized spacial score (nSPS) is 10.6. The molecular weight excluding hydrogens is 360 g/mol. The molecule has 0 saturated carbocycles. The summed E-state index contributed by atoms with van der Waals surface area (Å²) in [6, 6.07) is 24.5. The summed E-state index contributed by atoms with van der Waals surface area (Å²) in [7, 11) is 0. The molecule has 0 bridgehead atoms. The van der Waals surface area contributed by atoms with Gasteiger partial charge in [-0.25, -0.2) is 4.79 Å². The van der Waals surface area contributed by atoms with E-state index < -0.39 is 0 Å². The van der Waals surface area contributed by atoms with Crippen LogP contribution in [0.3, 0.4) is 0 Å². The fraction of sp³-hybridized carbons (Fsp3) is 0.192. The molecule has 0 amide bonds. The van der Waals surface area contributed by atoms with Gasteiger partial charge in [-0.3, -0.25) is 0 Å². The minimum atomic E-state index is -0.376. The predicted octanol–water partition coefficient (Wildman–Crippen LogP) is 5.25. The molecule has 0 aliphatic heterocycles. The van der Waals surface area contributed by atoms with Crippen LogP contribution in [0.4, 0.5) is 0 Å². The number of carbonyl (C=O) groups is 1. The summed E-state index contributed by atoms with van der Waals surface area (Å²) in [4.78, 5) is 11.9. The number of ether oxygens (including phenoxy) is 1. The molecule has 0 atom stereocenters. The summed E-state index contributed by atoms with van der Waals surface area (Å²) in [5.74, 6) is -0.376. The summed E-state index contributed by atoms with van der Waals surface area (Å²) in [6.07, 6.45) is 1.79. The van der Waals surface area contributed by atoms with Gasteiger partial charge in [-0.1, -0.05) is 79.4 Å². The van der Waals surface area contributed by atoms with Crippen molar-refractivity contribution in [2.75, 3.05) is 0 Å². The highest BCUT2D eigenvalue weighted by molar-refractivity contribution is 5.87. The first-order valence-corrected chi connectivity index (χ1v) is 9.75. The van der Waals surface area contributed by atoms with Crippen molar-refractivity contribution in [3.05, 3.63) is 107 Å². The van der Waals surface area contributed by atoms with E-state index in [1.165, 1.54) is 11.1 Å². The van der Waals surface area contributed by atoms with Crippen molar-refractivity contribution in [1.29, 1.82) is 0 Å². The molecule has 3 rings (SSSR count). The maximum absolute atomic E-state index is 11.9. The largest absolute Gasteiger partial charge is 0.457 e. The Hall–Kier alpha value is -3.17. The Kier molecular flexibility index (Phi) is 6.99. The zero-order valence-corrected chi connectivity index (χ0v) is 16.7. The molecule has 29 heavy (non-hydrogen) atoms. The lowest BCUT2D eigenvalue weighted by Crippen LogP contribution is -2.06. The van der Waals surface area contributed by atoms with Gasteiger partial charge in [0.15, 0.2) is 0 Å². The van der Waals surface area contributed by atoms with Gasteiger partial charge in [0.05, 0.1) is 6.61 Å². The summed E-state index contributed by atoms with van der Waals surface area (Å²) < 4.78 is 5.43. The Morgan fingerprint density at radius 3 is 2.17 bits per heavy atom. The molecule has 3 aromatic carbocycles. The average molecular weight is 386 g/mol. The minimum Gasteiger partial charge on any atom is -0.457 e. The second-order valence-electron chi connectivity index (χ2n) is 7.19. The monoisotopic (exact) mass is 386 g/mol. The first-order chi connectivity index (χ1) is 14.1. The number of rotatable bonds is 8. The lowest BCUT2D eigenvalue weighted by molar-refractivity contribution is -0.140. The van der Waals surface area contributed by atoms with E-state index in [0.717, 1.165) is 35.1 Å². The van der Waals surface area contributed by atoms with E-state index in [9.17, 15) is 4.79 Å². The van der Waals surface area contributed by atoms with E-state index in [4.69, 9.17) is 9.84 Å². The molecule has 0 saturated heterocycles. The molecule has 0 aromatic heterocycles. The zero-order chi connectivity index (χ0) is 20.6. The van der Waals surface area contributed by atoms with E-state index in [1.54, 1.807) is 6.92 Å². The Balaban J connectivity index is 1.79. The highest BCUT2D eigenvalue weighted by Crippen LogP contribution is 2.26. The summed E-state index contributed by atoms with van der Waals surface area (Å²) in [6.45, 7) is 5.58. The quantitative estimate of drug-likeness (QED) is 0.425. The predicted molar refractivity (Wildman–Crippen MR) is 116 cm³/mol. The third-order valence-electron chi connectivity index (χ3n) is 4.87. The average Bonchev–Trinajstić information content (AvgIpc) is 2.77. The SMILES string of the molecule is C=C(C)C(=O)OCc1cc(CCc2ccc(CO)cc2)ccc1-c1ccccc1. The number of hydrogen-bond acceptors (Lipinski definition) is 3. The van der Waals surface area contributed by atoms with Crippen molar-refractivity contribution in [2.24, 2.45) is 0 Å². The number of benzene rings is 3. The number of aryl methyl sites for hydroxylation is 2. The van der Waals surface area contributed by atoms with Gasteiger partial charge in [0, 0.05) is 5.57 Å². The number of esters is 1. The smallest absolute Gasteiger partial charge is 0.333 e. The van der Waals surface area contributed by atoms with Crippen molar-refractivity contribution in [3.63, 3.8) is 0 Å². The highest BCUT2D eigenvalue weighted by atomic mass is 16.5. The fourth-order valence-corrected chi connectivity index (χ4v) is 3.19. The van der Waals surface area contributed by atoms with Gasteiger partial charge in [-0.05, 0) is 53.1 Å². The number of hydrogen-bond donors (Lipinski definition) is 1. The van der Waals surface area contributed by atoms with E-state index in [1.807, 2.05) is 30.3 Å². The van der Waals surface area contributed by atoms with Gasteiger partial charge in [0.1, 0.15) is 6.61 Å². The van der Waals surface area contributed by atoms with Crippen LogP contribution >= 0.6 is 0 Å². The van der Waals surface area contributed by atoms with Crippen molar-refractivity contribution < 1.29 is 14.6 Å². The van der Waals surface area contributed by atoms with E-state index in [-0.39, 0.29) is 19.2 Å². The van der Waals surface area contributed by atoms with Gasteiger partial charge in [0.2, 0.25) is 0 Å². The first kappa shape index (κ1) is 20.6. The Morgan fingerprint density at radius 1 is 0.897 bits per heavy atom. The third kappa shape index (κ3) is 5.66.